The van der Waals surface area contributed by atoms with Crippen molar-refractivity contribution in [2.45, 2.75) is 19.5 Å². The molecule has 94 valence electrons. The fraction of sp³-hybridized carbons (Fsp3) is 0.231. The van der Waals surface area contributed by atoms with Crippen molar-refractivity contribution in [1.82, 2.24) is 0 Å². The number of aliphatic imine (C=N–C) groups is 1. The maximum Gasteiger partial charge on any atom is 0.337 e. The molecular weight excluding hydrogens is 230 g/mol. The van der Waals surface area contributed by atoms with Crippen LogP contribution in [0.5, 0.6) is 0 Å². The Balaban J connectivity index is 2.32. The Bertz CT molecular complexity index is 559. The van der Waals surface area contributed by atoms with E-state index in [1.807, 2.05) is 13.0 Å². The molecule has 1 heterocycles. The lowest BCUT2D eigenvalue weighted by Crippen LogP contribution is -2.37. The third-order valence-electron chi connectivity index (χ3n) is 2.73. The molecule has 2 rings (SSSR count). The van der Waals surface area contributed by atoms with E-state index in [2.05, 4.69) is 10.3 Å². The fourth-order valence-corrected chi connectivity index (χ4v) is 1.90. The van der Waals surface area contributed by atoms with Gasteiger partial charge in [-0.15, -0.1) is 0 Å². The molecule has 5 nitrogen and oxygen atoms in total. The van der Waals surface area contributed by atoms with Crippen LogP contribution in [0, 0.1) is 0 Å². The van der Waals surface area contributed by atoms with Crippen molar-refractivity contribution in [3.63, 3.8) is 0 Å². The van der Waals surface area contributed by atoms with Crippen molar-refractivity contribution < 1.29 is 9.90 Å². The number of benzene rings is 1. The van der Waals surface area contributed by atoms with E-state index in [1.165, 1.54) is 0 Å². The molecule has 1 aliphatic rings. The molecule has 0 saturated carbocycles. The van der Waals surface area contributed by atoms with Gasteiger partial charge >= 0.3 is 5.97 Å². The number of nitrogens with two attached hydrogens (primary N) is 1. The van der Waals surface area contributed by atoms with Crippen LogP contribution in [0.2, 0.25) is 0 Å². The molecule has 1 aromatic carbocycles. The Morgan fingerprint density at radius 2 is 2.11 bits per heavy atom. The lowest BCUT2D eigenvalue weighted by Gasteiger charge is -2.21. The molecule has 1 aromatic rings. The van der Waals surface area contributed by atoms with Gasteiger partial charge < -0.3 is 16.2 Å². The van der Waals surface area contributed by atoms with Gasteiger partial charge in [-0.1, -0.05) is 12.1 Å². The van der Waals surface area contributed by atoms with E-state index in [1.54, 1.807) is 31.2 Å². The van der Waals surface area contributed by atoms with E-state index in [9.17, 15) is 4.79 Å². The van der Waals surface area contributed by atoms with Crippen LogP contribution in [0.3, 0.4) is 0 Å². The lowest BCUT2D eigenvalue weighted by molar-refractivity contribution is 0.0698. The Hall–Kier alpha value is -2.14. The maximum atomic E-state index is 11.1. The molecule has 0 radical (unpaired) electrons. The standard InChI is InChI=1S/C13H15N3O2/c1-8-7-11(13(2,14)16-8)15-10-6-4-3-5-9(10)12(17)18/h3-7,15H,14H2,1-2H3,(H,17,18). The molecule has 18 heavy (non-hydrogen) atoms. The van der Waals surface area contributed by atoms with Gasteiger partial charge in [0.2, 0.25) is 0 Å². The number of carboxylic acid groups (broad SMARTS) is 1. The van der Waals surface area contributed by atoms with Gasteiger partial charge in [0, 0.05) is 5.71 Å². The smallest absolute Gasteiger partial charge is 0.337 e. The number of hydrogen-bond donors (Lipinski definition) is 3. The van der Waals surface area contributed by atoms with Gasteiger partial charge in [-0.25, -0.2) is 4.79 Å². The molecule has 1 aliphatic heterocycles. The molecule has 0 bridgehead atoms. The lowest BCUT2D eigenvalue weighted by atomic mass is 10.1. The first-order chi connectivity index (χ1) is 8.40. The second-order valence-corrected chi connectivity index (χ2v) is 4.43. The van der Waals surface area contributed by atoms with E-state index < -0.39 is 11.6 Å². The third-order valence-corrected chi connectivity index (χ3v) is 2.73. The Kier molecular flexibility index (Phi) is 2.92. The summed E-state index contributed by atoms with van der Waals surface area (Å²) in [5, 5.41) is 12.2. The van der Waals surface area contributed by atoms with E-state index in [4.69, 9.17) is 10.8 Å². The monoisotopic (exact) mass is 245 g/mol. The van der Waals surface area contributed by atoms with E-state index in [0.29, 0.717) is 11.4 Å². The SMILES string of the molecule is CC1=NC(C)(N)C(Nc2ccccc2C(=O)O)=C1. The maximum absolute atomic E-state index is 11.1. The topological polar surface area (TPSA) is 87.7 Å². The number of hydrogen-bond acceptors (Lipinski definition) is 4. The summed E-state index contributed by atoms with van der Waals surface area (Å²) in [5.74, 6) is -0.979. The summed E-state index contributed by atoms with van der Waals surface area (Å²) in [4.78, 5) is 15.4. The first-order valence-corrected chi connectivity index (χ1v) is 5.57. The van der Waals surface area contributed by atoms with Gasteiger partial charge in [-0.05, 0) is 32.1 Å². The predicted molar refractivity (Wildman–Crippen MR) is 70.8 cm³/mol. The quantitative estimate of drug-likeness (QED) is 0.758. The Morgan fingerprint density at radius 1 is 1.44 bits per heavy atom. The zero-order valence-electron chi connectivity index (χ0n) is 10.3. The van der Waals surface area contributed by atoms with Crippen molar-refractivity contribution >= 4 is 17.4 Å². The highest BCUT2D eigenvalue weighted by molar-refractivity contribution is 5.98. The van der Waals surface area contributed by atoms with E-state index >= 15 is 0 Å². The van der Waals surface area contributed by atoms with Crippen LogP contribution in [0.4, 0.5) is 5.69 Å². The summed E-state index contributed by atoms with van der Waals surface area (Å²) in [6.45, 7) is 3.62. The predicted octanol–water partition coefficient (Wildman–Crippen LogP) is 1.83. The molecule has 0 amide bonds. The average molecular weight is 245 g/mol. The zero-order chi connectivity index (χ0) is 13.3. The molecular formula is C13H15N3O2. The van der Waals surface area contributed by atoms with Crippen molar-refractivity contribution in [3.8, 4) is 0 Å². The molecule has 0 aromatic heterocycles. The third kappa shape index (κ3) is 2.26. The number of nitrogens with one attached hydrogen (secondary N) is 1. The largest absolute Gasteiger partial charge is 0.478 e. The van der Waals surface area contributed by atoms with Crippen LogP contribution in [0.1, 0.15) is 24.2 Å². The van der Waals surface area contributed by atoms with Crippen LogP contribution >= 0.6 is 0 Å². The van der Waals surface area contributed by atoms with Crippen molar-refractivity contribution in [2.75, 3.05) is 5.32 Å². The molecule has 5 heteroatoms. The van der Waals surface area contributed by atoms with E-state index in [0.717, 1.165) is 5.71 Å². The van der Waals surface area contributed by atoms with Crippen molar-refractivity contribution in [3.05, 3.63) is 41.6 Å². The van der Waals surface area contributed by atoms with Crippen LogP contribution in [0.15, 0.2) is 41.0 Å². The van der Waals surface area contributed by atoms with Gasteiger partial charge in [0.25, 0.3) is 0 Å². The molecule has 0 fully saturated rings. The first-order valence-electron chi connectivity index (χ1n) is 5.57. The minimum atomic E-state index is -0.979. The Morgan fingerprint density at radius 3 is 2.67 bits per heavy atom. The highest BCUT2D eigenvalue weighted by Gasteiger charge is 2.28. The molecule has 0 saturated heterocycles. The van der Waals surface area contributed by atoms with Gasteiger partial charge in [-0.3, -0.25) is 4.99 Å². The molecule has 0 spiro atoms. The first kappa shape index (κ1) is 12.3. The van der Waals surface area contributed by atoms with Gasteiger partial charge in [0.05, 0.1) is 16.9 Å². The number of para-hydroxylation sites is 1. The summed E-state index contributed by atoms with van der Waals surface area (Å²) in [6, 6.07) is 6.70. The number of carboxylic acids is 1. The zero-order valence-corrected chi connectivity index (χ0v) is 10.3. The molecule has 1 atom stereocenters. The number of allylic oxidation sites excluding steroid dienone is 1. The van der Waals surface area contributed by atoms with Crippen molar-refractivity contribution in [1.29, 1.82) is 0 Å². The van der Waals surface area contributed by atoms with Crippen molar-refractivity contribution in [2.24, 2.45) is 10.7 Å². The minimum absolute atomic E-state index is 0.207. The van der Waals surface area contributed by atoms with Crippen LogP contribution < -0.4 is 11.1 Å². The van der Waals surface area contributed by atoms with E-state index in [-0.39, 0.29) is 5.56 Å². The number of nitrogens with zero attached hydrogens (tertiary/aromatic N) is 1. The normalized spacial score (nSPS) is 22.4. The van der Waals surface area contributed by atoms with Crippen LogP contribution in [-0.2, 0) is 0 Å². The number of carbonyl (C=O) groups is 1. The minimum Gasteiger partial charge on any atom is -0.478 e. The van der Waals surface area contributed by atoms with Gasteiger partial charge in [-0.2, -0.15) is 0 Å². The number of anilines is 1. The highest BCUT2D eigenvalue weighted by Crippen LogP contribution is 2.25. The molecule has 1 unspecified atom stereocenters. The summed E-state index contributed by atoms with van der Waals surface area (Å²) < 4.78 is 0. The molecule has 0 aliphatic carbocycles. The summed E-state index contributed by atoms with van der Waals surface area (Å²) >= 11 is 0. The second kappa shape index (κ2) is 4.27. The summed E-state index contributed by atoms with van der Waals surface area (Å²) in [5.41, 5.74) is 7.41. The molecule has 4 N–H and O–H groups in total. The Labute approximate surface area is 105 Å². The van der Waals surface area contributed by atoms with Crippen LogP contribution in [0.25, 0.3) is 0 Å². The average Bonchev–Trinajstić information content (AvgIpc) is 2.52. The number of aromatic carboxylic acids is 1. The summed E-state index contributed by atoms with van der Waals surface area (Å²) in [6.07, 6.45) is 1.82. The van der Waals surface area contributed by atoms with Gasteiger partial charge in [0.15, 0.2) is 0 Å². The fourth-order valence-electron chi connectivity index (χ4n) is 1.90. The van der Waals surface area contributed by atoms with Gasteiger partial charge in [0.1, 0.15) is 5.66 Å². The van der Waals surface area contributed by atoms with Crippen LogP contribution in [-0.4, -0.2) is 22.5 Å². The second-order valence-electron chi connectivity index (χ2n) is 4.43. The number of rotatable bonds is 3. The summed E-state index contributed by atoms with van der Waals surface area (Å²) in [7, 11) is 0. The highest BCUT2D eigenvalue weighted by atomic mass is 16.4.